The quantitative estimate of drug-likeness (QED) is 0.598. The Morgan fingerprint density at radius 2 is 1.72 bits per heavy atom. The molecular weight excluding hydrogens is 412 g/mol. The van der Waals surface area contributed by atoms with E-state index in [2.05, 4.69) is 24.8 Å². The Morgan fingerprint density at radius 1 is 1.07 bits per heavy atom. The lowest BCUT2D eigenvalue weighted by atomic mass is 10.1. The molecule has 0 atom stereocenters. The zero-order valence-corrected chi connectivity index (χ0v) is 14.2. The summed E-state index contributed by atoms with van der Waals surface area (Å²) >= 11 is 0. The molecule has 0 spiro atoms. The first-order chi connectivity index (χ1) is 13.5. The number of aromatic nitrogens is 5. The lowest BCUT2D eigenvalue weighted by Crippen LogP contribution is -2.26. The highest BCUT2D eigenvalue weighted by Crippen LogP contribution is 2.34. The van der Waals surface area contributed by atoms with Gasteiger partial charge in [-0.05, 0) is 6.07 Å². The Kier molecular flexibility index (Phi) is 5.02. The minimum Gasteiger partial charge on any atom is -0.480 e. The van der Waals surface area contributed by atoms with Crippen molar-refractivity contribution in [1.82, 2.24) is 24.6 Å². The normalized spacial score (nSPS) is 12.2. The molecule has 29 heavy (non-hydrogen) atoms. The number of ether oxygens (including phenoxy) is 2. The molecule has 0 N–H and O–H groups in total. The molecule has 0 aliphatic carbocycles. The van der Waals surface area contributed by atoms with Gasteiger partial charge in [-0.2, -0.15) is 30.9 Å². The predicted octanol–water partition coefficient (Wildman–Crippen LogP) is 2.52. The summed E-state index contributed by atoms with van der Waals surface area (Å²) in [5.41, 5.74) is -4.49. The van der Waals surface area contributed by atoms with E-state index in [0.29, 0.717) is 4.52 Å². The first-order valence-electron chi connectivity index (χ1n) is 7.57. The van der Waals surface area contributed by atoms with Gasteiger partial charge >= 0.3 is 18.4 Å². The van der Waals surface area contributed by atoms with E-state index in [1.165, 1.54) is 13.2 Å². The lowest BCUT2D eigenvalue weighted by molar-refractivity contribution is -0.154. The van der Waals surface area contributed by atoms with Crippen LogP contribution in [-0.4, -0.2) is 44.5 Å². The van der Waals surface area contributed by atoms with E-state index in [1.807, 2.05) is 0 Å². The molecule has 0 aliphatic rings. The molecule has 14 heteroatoms. The van der Waals surface area contributed by atoms with Crippen LogP contribution in [0.5, 0.6) is 11.9 Å². The average Bonchev–Trinajstić information content (AvgIpc) is 2.65. The van der Waals surface area contributed by atoms with Crippen molar-refractivity contribution in [3.8, 4) is 23.0 Å². The average molecular weight is 421 g/mol. The summed E-state index contributed by atoms with van der Waals surface area (Å²) in [5, 5.41) is 3.74. The Hall–Kier alpha value is -3.45. The van der Waals surface area contributed by atoms with Crippen molar-refractivity contribution in [1.29, 1.82) is 0 Å². The second kappa shape index (κ2) is 7.18. The SMILES string of the molecule is COc1ccc2nc(C(F)(F)F)c(-c3cnc(OCC(F)(F)F)nc3)c(=O)n2n1. The van der Waals surface area contributed by atoms with Crippen molar-refractivity contribution < 1.29 is 35.8 Å². The van der Waals surface area contributed by atoms with Gasteiger partial charge < -0.3 is 9.47 Å². The highest BCUT2D eigenvalue weighted by molar-refractivity contribution is 5.65. The number of alkyl halides is 6. The molecular formula is C15H9F6N5O3. The van der Waals surface area contributed by atoms with Gasteiger partial charge in [0.1, 0.15) is 0 Å². The van der Waals surface area contributed by atoms with Crippen LogP contribution in [0.25, 0.3) is 16.8 Å². The number of nitrogens with zero attached hydrogens (tertiary/aromatic N) is 5. The smallest absolute Gasteiger partial charge is 0.434 e. The molecule has 3 aromatic rings. The maximum Gasteiger partial charge on any atom is 0.434 e. The fourth-order valence-corrected chi connectivity index (χ4v) is 2.25. The third-order valence-corrected chi connectivity index (χ3v) is 3.42. The van der Waals surface area contributed by atoms with E-state index in [-0.39, 0.29) is 5.88 Å². The summed E-state index contributed by atoms with van der Waals surface area (Å²) in [4.78, 5) is 22.9. The number of methoxy groups -OCH3 is 1. The monoisotopic (exact) mass is 421 g/mol. The van der Waals surface area contributed by atoms with E-state index >= 15 is 0 Å². The van der Waals surface area contributed by atoms with Crippen molar-refractivity contribution in [2.45, 2.75) is 12.4 Å². The third-order valence-electron chi connectivity index (χ3n) is 3.42. The van der Waals surface area contributed by atoms with Crippen LogP contribution in [-0.2, 0) is 6.18 Å². The van der Waals surface area contributed by atoms with Crippen LogP contribution in [0.2, 0.25) is 0 Å². The zero-order valence-electron chi connectivity index (χ0n) is 14.2. The highest BCUT2D eigenvalue weighted by atomic mass is 19.4. The van der Waals surface area contributed by atoms with Gasteiger partial charge in [-0.25, -0.2) is 15.0 Å². The molecule has 3 aromatic heterocycles. The number of hydrogen-bond donors (Lipinski definition) is 0. The van der Waals surface area contributed by atoms with Crippen LogP contribution in [0.1, 0.15) is 5.69 Å². The van der Waals surface area contributed by atoms with Crippen LogP contribution < -0.4 is 15.0 Å². The zero-order chi connectivity index (χ0) is 21.4. The molecule has 0 aliphatic heterocycles. The minimum atomic E-state index is -5.02. The predicted molar refractivity (Wildman–Crippen MR) is 83.4 cm³/mol. The molecule has 0 bridgehead atoms. The van der Waals surface area contributed by atoms with Gasteiger partial charge in [0.2, 0.25) is 5.88 Å². The number of fused-ring (bicyclic) bond motifs is 1. The Labute approximate surface area is 156 Å². The molecule has 3 heterocycles. The van der Waals surface area contributed by atoms with Gasteiger partial charge in [0.15, 0.2) is 17.9 Å². The van der Waals surface area contributed by atoms with Gasteiger partial charge in [0.05, 0.1) is 12.7 Å². The van der Waals surface area contributed by atoms with Gasteiger partial charge in [0, 0.05) is 24.0 Å². The molecule has 3 rings (SSSR count). The van der Waals surface area contributed by atoms with E-state index < -0.39 is 53.0 Å². The largest absolute Gasteiger partial charge is 0.480 e. The third kappa shape index (κ3) is 4.35. The fourth-order valence-electron chi connectivity index (χ4n) is 2.25. The first kappa shape index (κ1) is 20.3. The molecule has 0 fully saturated rings. The van der Waals surface area contributed by atoms with E-state index in [0.717, 1.165) is 18.5 Å². The summed E-state index contributed by atoms with van der Waals surface area (Å²) in [6, 6.07) is 1.60. The maximum absolute atomic E-state index is 13.5. The Morgan fingerprint density at radius 3 is 2.28 bits per heavy atom. The van der Waals surface area contributed by atoms with Crippen LogP contribution in [0.4, 0.5) is 26.3 Å². The fraction of sp³-hybridized carbons (Fsp3) is 0.267. The molecule has 0 radical (unpaired) electrons. The van der Waals surface area contributed by atoms with E-state index in [4.69, 9.17) is 4.74 Å². The van der Waals surface area contributed by atoms with Gasteiger partial charge in [-0.15, -0.1) is 5.10 Å². The minimum absolute atomic E-state index is 0.0562. The maximum atomic E-state index is 13.5. The van der Waals surface area contributed by atoms with E-state index in [9.17, 15) is 31.1 Å². The van der Waals surface area contributed by atoms with Crippen molar-refractivity contribution in [2.75, 3.05) is 13.7 Å². The number of hydrogen-bond acceptors (Lipinski definition) is 7. The standard InChI is InChI=1S/C15H9F6N5O3/c1-28-9-3-2-8-24-11(15(19,20)21)10(12(27)26(8)25-9)7-4-22-13(23-5-7)29-6-14(16,17)18/h2-5H,6H2,1H3. The number of halogens is 6. The summed E-state index contributed by atoms with van der Waals surface area (Å²) < 4.78 is 86.6. The summed E-state index contributed by atoms with van der Waals surface area (Å²) in [5.74, 6) is -0.0562. The topological polar surface area (TPSA) is 91.5 Å². The second-order valence-corrected chi connectivity index (χ2v) is 5.44. The molecule has 8 nitrogen and oxygen atoms in total. The number of rotatable bonds is 4. The molecule has 0 saturated heterocycles. The Bertz CT molecular complexity index is 1100. The summed E-state index contributed by atoms with van der Waals surface area (Å²) in [7, 11) is 1.24. The summed E-state index contributed by atoms with van der Waals surface area (Å²) in [6.07, 6.45) is -8.23. The van der Waals surface area contributed by atoms with Crippen LogP contribution in [0, 0.1) is 0 Å². The van der Waals surface area contributed by atoms with Crippen molar-refractivity contribution >= 4 is 5.65 Å². The van der Waals surface area contributed by atoms with Crippen LogP contribution >= 0.6 is 0 Å². The van der Waals surface area contributed by atoms with Gasteiger partial charge in [-0.3, -0.25) is 4.79 Å². The van der Waals surface area contributed by atoms with Crippen molar-refractivity contribution in [3.63, 3.8) is 0 Å². The lowest BCUT2D eigenvalue weighted by Gasteiger charge is -2.13. The highest BCUT2D eigenvalue weighted by Gasteiger charge is 2.38. The van der Waals surface area contributed by atoms with Gasteiger partial charge in [0.25, 0.3) is 5.56 Å². The van der Waals surface area contributed by atoms with Gasteiger partial charge in [-0.1, -0.05) is 0 Å². The van der Waals surface area contributed by atoms with Crippen molar-refractivity contribution in [3.05, 3.63) is 40.6 Å². The van der Waals surface area contributed by atoms with Crippen LogP contribution in [0.3, 0.4) is 0 Å². The Balaban J connectivity index is 2.14. The molecule has 0 aromatic carbocycles. The van der Waals surface area contributed by atoms with E-state index in [1.54, 1.807) is 0 Å². The first-order valence-corrected chi connectivity index (χ1v) is 7.57. The van der Waals surface area contributed by atoms with Crippen molar-refractivity contribution in [2.24, 2.45) is 0 Å². The summed E-state index contributed by atoms with van der Waals surface area (Å²) in [6.45, 7) is -1.69. The molecule has 0 unspecified atom stereocenters. The second-order valence-electron chi connectivity index (χ2n) is 5.44. The molecule has 0 amide bonds. The van der Waals surface area contributed by atoms with Crippen LogP contribution in [0.15, 0.2) is 29.3 Å². The molecule has 154 valence electrons. The molecule has 0 saturated carbocycles.